The van der Waals surface area contributed by atoms with Gasteiger partial charge in [-0.2, -0.15) is 0 Å². The second kappa shape index (κ2) is 8.42. The Morgan fingerprint density at radius 2 is 2.09 bits per heavy atom. The average Bonchev–Trinajstić information content (AvgIpc) is 2.93. The highest BCUT2D eigenvalue weighted by molar-refractivity contribution is 5.73. The lowest BCUT2D eigenvalue weighted by atomic mass is 10.1. The Morgan fingerprint density at radius 3 is 2.78 bits per heavy atom. The van der Waals surface area contributed by atoms with Gasteiger partial charge in [0.05, 0.1) is 5.76 Å². The zero-order valence-corrected chi connectivity index (χ0v) is 14.5. The fourth-order valence-corrected chi connectivity index (χ4v) is 2.46. The van der Waals surface area contributed by atoms with E-state index in [0.29, 0.717) is 0 Å². The normalized spacial score (nSPS) is 27.1. The highest BCUT2D eigenvalue weighted by Gasteiger charge is 2.08. The molecule has 0 saturated carbocycles. The quantitative estimate of drug-likeness (QED) is 0.626. The molecule has 0 aromatic carbocycles. The Balaban J connectivity index is 2.32. The van der Waals surface area contributed by atoms with Crippen LogP contribution in [-0.2, 0) is 4.74 Å². The molecule has 2 heteroatoms. The van der Waals surface area contributed by atoms with Gasteiger partial charge in [-0.1, -0.05) is 29.9 Å². The van der Waals surface area contributed by atoms with Crippen molar-refractivity contribution in [2.75, 3.05) is 0 Å². The lowest BCUT2D eigenvalue weighted by Crippen LogP contribution is -2.09. The molecule has 1 unspecified atom stereocenters. The maximum absolute atomic E-state index is 6.01. The summed E-state index contributed by atoms with van der Waals surface area (Å²) in [5, 5.41) is 0. The third-order valence-electron chi connectivity index (χ3n) is 3.74. The van der Waals surface area contributed by atoms with E-state index in [9.17, 15) is 0 Å². The Kier molecular flexibility index (Phi) is 6.28. The first-order chi connectivity index (χ1) is 11.1. The lowest BCUT2D eigenvalue weighted by Gasteiger charge is -2.16. The fourth-order valence-electron chi connectivity index (χ4n) is 2.46. The van der Waals surface area contributed by atoms with Gasteiger partial charge in [-0.05, 0) is 70.9 Å². The largest absolute Gasteiger partial charge is 0.491 e. The minimum absolute atomic E-state index is 0.0878. The van der Waals surface area contributed by atoms with Gasteiger partial charge in [0.15, 0.2) is 0 Å². The molecule has 1 aromatic rings. The molecule has 1 aromatic heterocycles. The van der Waals surface area contributed by atoms with Crippen molar-refractivity contribution in [1.82, 2.24) is 0 Å². The van der Waals surface area contributed by atoms with Crippen LogP contribution >= 0.6 is 0 Å². The van der Waals surface area contributed by atoms with Crippen LogP contribution in [0.25, 0.3) is 5.57 Å². The van der Waals surface area contributed by atoms with Gasteiger partial charge in [-0.25, -0.2) is 0 Å². The van der Waals surface area contributed by atoms with Crippen LogP contribution in [-0.4, -0.2) is 6.10 Å². The van der Waals surface area contributed by atoms with Crippen LogP contribution in [0.15, 0.2) is 70.4 Å². The molecule has 0 N–H and O–H groups in total. The number of allylic oxidation sites excluding steroid dienone is 9. The van der Waals surface area contributed by atoms with Gasteiger partial charge in [-0.3, -0.25) is 0 Å². The van der Waals surface area contributed by atoms with Crippen molar-refractivity contribution in [3.8, 4) is 0 Å². The van der Waals surface area contributed by atoms with Crippen LogP contribution in [0.2, 0.25) is 0 Å². The van der Waals surface area contributed by atoms with E-state index in [1.807, 2.05) is 39.0 Å². The van der Waals surface area contributed by atoms with Crippen LogP contribution in [0.5, 0.6) is 0 Å². The maximum atomic E-state index is 6.01. The summed E-state index contributed by atoms with van der Waals surface area (Å²) in [5.74, 6) is 2.77. The molecule has 1 aliphatic carbocycles. The summed E-state index contributed by atoms with van der Waals surface area (Å²) >= 11 is 0. The fraction of sp³-hybridized carbons (Fsp3) is 0.333. The first-order valence-electron chi connectivity index (χ1n) is 8.18. The Hall–Kier alpha value is -2.22. The number of hydrogen-bond acceptors (Lipinski definition) is 2. The number of aryl methyl sites for hydroxylation is 1. The highest BCUT2D eigenvalue weighted by atomic mass is 16.5. The van der Waals surface area contributed by atoms with Gasteiger partial charge in [0.25, 0.3) is 0 Å². The topological polar surface area (TPSA) is 22.4 Å². The predicted molar refractivity (Wildman–Crippen MR) is 97.0 cm³/mol. The summed E-state index contributed by atoms with van der Waals surface area (Å²) < 4.78 is 11.8. The summed E-state index contributed by atoms with van der Waals surface area (Å²) in [6, 6.07) is 4.01. The first kappa shape index (κ1) is 17.1. The molecule has 0 bridgehead atoms. The van der Waals surface area contributed by atoms with Crippen molar-refractivity contribution in [2.45, 2.75) is 46.6 Å². The zero-order valence-electron chi connectivity index (χ0n) is 14.5. The minimum atomic E-state index is 0.0878. The Bertz CT molecular complexity index is 666. The second-order valence-corrected chi connectivity index (χ2v) is 5.84. The summed E-state index contributed by atoms with van der Waals surface area (Å²) in [7, 11) is 0. The molecule has 0 spiro atoms. The number of hydrogen-bond donors (Lipinski definition) is 0. The third-order valence-corrected chi connectivity index (χ3v) is 3.74. The zero-order chi connectivity index (χ0) is 16.7. The Labute approximate surface area is 139 Å². The smallest absolute Gasteiger partial charge is 0.134 e. The molecule has 1 aliphatic rings. The predicted octanol–water partition coefficient (Wildman–Crippen LogP) is 6.13. The molecule has 0 amide bonds. The molecule has 0 aliphatic heterocycles. The van der Waals surface area contributed by atoms with E-state index in [2.05, 4.69) is 43.4 Å². The minimum Gasteiger partial charge on any atom is -0.491 e. The first-order valence-corrected chi connectivity index (χ1v) is 8.18. The van der Waals surface area contributed by atoms with Gasteiger partial charge in [0.2, 0.25) is 0 Å². The summed E-state index contributed by atoms with van der Waals surface area (Å²) in [4.78, 5) is 0. The molecule has 0 saturated heterocycles. The van der Waals surface area contributed by atoms with Crippen molar-refractivity contribution >= 4 is 5.57 Å². The van der Waals surface area contributed by atoms with Gasteiger partial charge in [0.1, 0.15) is 17.6 Å². The summed E-state index contributed by atoms with van der Waals surface area (Å²) in [6.07, 6.45) is 16.8. The lowest BCUT2D eigenvalue weighted by molar-refractivity contribution is 0.148. The second-order valence-electron chi connectivity index (χ2n) is 5.84. The molecule has 23 heavy (non-hydrogen) atoms. The summed E-state index contributed by atoms with van der Waals surface area (Å²) in [6.45, 7) is 8.07. The van der Waals surface area contributed by atoms with Crippen LogP contribution in [0.3, 0.4) is 0 Å². The van der Waals surface area contributed by atoms with Crippen molar-refractivity contribution in [2.24, 2.45) is 0 Å². The van der Waals surface area contributed by atoms with Gasteiger partial charge < -0.3 is 9.15 Å². The highest BCUT2D eigenvalue weighted by Crippen LogP contribution is 2.22. The number of rotatable bonds is 3. The monoisotopic (exact) mass is 310 g/mol. The van der Waals surface area contributed by atoms with Gasteiger partial charge in [-0.15, -0.1) is 0 Å². The van der Waals surface area contributed by atoms with Crippen LogP contribution < -0.4 is 0 Å². The molecule has 2 rings (SSSR count). The van der Waals surface area contributed by atoms with E-state index in [4.69, 9.17) is 9.15 Å². The molecule has 0 fully saturated rings. The molecule has 2 nitrogen and oxygen atoms in total. The molecule has 0 radical (unpaired) electrons. The van der Waals surface area contributed by atoms with E-state index in [-0.39, 0.29) is 6.10 Å². The van der Waals surface area contributed by atoms with E-state index in [1.165, 1.54) is 5.57 Å². The summed E-state index contributed by atoms with van der Waals surface area (Å²) in [5.41, 5.74) is 2.24. The van der Waals surface area contributed by atoms with Crippen molar-refractivity contribution in [3.05, 3.63) is 77.5 Å². The van der Waals surface area contributed by atoms with Gasteiger partial charge >= 0.3 is 0 Å². The number of furan rings is 1. The van der Waals surface area contributed by atoms with Crippen LogP contribution in [0, 0.1) is 6.92 Å². The SMILES string of the molecule is C/C=C(\C)OC1/C=C(C)/C=C(c2ccc(C)o2)\C=C/C=C/CC1. The van der Waals surface area contributed by atoms with E-state index in [1.54, 1.807) is 0 Å². The third kappa shape index (κ3) is 5.48. The molecule has 122 valence electrons. The van der Waals surface area contributed by atoms with E-state index in [0.717, 1.165) is 35.7 Å². The van der Waals surface area contributed by atoms with Crippen molar-refractivity contribution in [3.63, 3.8) is 0 Å². The van der Waals surface area contributed by atoms with Crippen LogP contribution in [0.4, 0.5) is 0 Å². The average molecular weight is 310 g/mol. The standard InChI is InChI=1S/C21H26O2/c1-5-17(3)22-20-11-9-7-6-8-10-19(14-16(2)15-20)21-13-12-18(4)23-21/h5-8,10,12-15,20H,9,11H2,1-4H3/b7-6+,10-8-,16-15+,17-5+,19-14+. The number of ether oxygens (including phenoxy) is 1. The van der Waals surface area contributed by atoms with E-state index < -0.39 is 0 Å². The molecule has 1 atom stereocenters. The van der Waals surface area contributed by atoms with Gasteiger partial charge in [0, 0.05) is 5.57 Å². The molecule has 1 heterocycles. The van der Waals surface area contributed by atoms with Crippen molar-refractivity contribution < 1.29 is 9.15 Å². The van der Waals surface area contributed by atoms with Crippen molar-refractivity contribution in [1.29, 1.82) is 0 Å². The molecular weight excluding hydrogens is 284 g/mol. The van der Waals surface area contributed by atoms with E-state index >= 15 is 0 Å². The van der Waals surface area contributed by atoms with Crippen LogP contribution in [0.1, 0.15) is 45.1 Å². The molecular formula is C21H26O2. The maximum Gasteiger partial charge on any atom is 0.134 e. The Morgan fingerprint density at radius 1 is 1.26 bits per heavy atom.